The minimum atomic E-state index is -0.856. The van der Waals surface area contributed by atoms with Crippen LogP contribution in [-0.2, 0) is 16.2 Å². The molecule has 1 N–H and O–H groups in total. The van der Waals surface area contributed by atoms with Crippen LogP contribution in [0.4, 0.5) is 0 Å². The van der Waals surface area contributed by atoms with Gasteiger partial charge in [-0.15, -0.1) is 0 Å². The van der Waals surface area contributed by atoms with Crippen molar-refractivity contribution in [2.24, 2.45) is 0 Å². The number of rotatable bonds is 7. The summed E-state index contributed by atoms with van der Waals surface area (Å²) in [5, 5.41) is 3.23. The predicted octanol–water partition coefficient (Wildman–Crippen LogP) is 3.87. The summed E-state index contributed by atoms with van der Waals surface area (Å²) >= 11 is 0. The molecule has 3 heteroatoms. The summed E-state index contributed by atoms with van der Waals surface area (Å²) in [5.74, 6) is 0.769. The first-order chi connectivity index (χ1) is 9.34. The zero-order chi connectivity index (χ0) is 15.2. The Morgan fingerprint density at radius 3 is 2.25 bits per heavy atom. The van der Waals surface area contributed by atoms with Gasteiger partial charge in [0.1, 0.15) is 0 Å². The van der Waals surface area contributed by atoms with Crippen molar-refractivity contribution in [1.29, 1.82) is 0 Å². The van der Waals surface area contributed by atoms with E-state index in [4.69, 9.17) is 0 Å². The Bertz CT molecular complexity index is 420. The molecule has 0 saturated carbocycles. The normalized spacial score (nSPS) is 15.1. The number of hydrogen-bond donors (Lipinski definition) is 1. The van der Waals surface area contributed by atoms with Gasteiger partial charge in [0.25, 0.3) is 0 Å². The molecule has 1 aromatic rings. The summed E-state index contributed by atoms with van der Waals surface area (Å²) in [4.78, 5) is 0.958. The molecule has 114 valence electrons. The zero-order valence-electron chi connectivity index (χ0n) is 13.5. The molecule has 1 aromatic carbocycles. The highest BCUT2D eigenvalue weighted by Gasteiger charge is 2.13. The molecule has 0 spiro atoms. The van der Waals surface area contributed by atoms with Gasteiger partial charge in [0, 0.05) is 16.7 Å². The molecular formula is C17H29NOS. The average molecular weight is 295 g/mol. The first kappa shape index (κ1) is 17.4. The zero-order valence-corrected chi connectivity index (χ0v) is 14.3. The van der Waals surface area contributed by atoms with Crippen LogP contribution in [0.1, 0.15) is 52.5 Å². The van der Waals surface area contributed by atoms with E-state index in [-0.39, 0.29) is 5.41 Å². The second-order valence-electron chi connectivity index (χ2n) is 6.51. The lowest BCUT2D eigenvalue weighted by molar-refractivity contribution is 0.537. The second kappa shape index (κ2) is 7.94. The van der Waals surface area contributed by atoms with Crippen LogP contribution < -0.4 is 5.32 Å². The van der Waals surface area contributed by atoms with E-state index in [9.17, 15) is 4.21 Å². The molecular weight excluding hydrogens is 266 g/mol. The van der Waals surface area contributed by atoms with E-state index in [0.717, 1.165) is 29.9 Å². The Morgan fingerprint density at radius 2 is 1.75 bits per heavy atom. The molecule has 0 bridgehead atoms. The van der Waals surface area contributed by atoms with Gasteiger partial charge in [0.05, 0.1) is 10.8 Å². The highest BCUT2D eigenvalue weighted by Crippen LogP contribution is 2.23. The predicted molar refractivity (Wildman–Crippen MR) is 88.8 cm³/mol. The Morgan fingerprint density at radius 1 is 1.15 bits per heavy atom. The first-order valence-corrected chi connectivity index (χ1v) is 8.82. The molecule has 0 radical (unpaired) electrons. The van der Waals surface area contributed by atoms with Crippen molar-refractivity contribution >= 4 is 10.8 Å². The molecule has 2 atom stereocenters. The summed E-state index contributed by atoms with van der Waals surface area (Å²) in [6.45, 7) is 8.77. The third-order valence-corrected chi connectivity index (χ3v) is 5.15. The minimum Gasteiger partial charge on any atom is -0.317 e. The van der Waals surface area contributed by atoms with Gasteiger partial charge in [-0.1, -0.05) is 39.3 Å². The summed E-state index contributed by atoms with van der Waals surface area (Å²) in [6.07, 6.45) is 3.31. The van der Waals surface area contributed by atoms with Crippen molar-refractivity contribution in [3.8, 4) is 0 Å². The highest BCUT2D eigenvalue weighted by atomic mass is 32.2. The van der Waals surface area contributed by atoms with Gasteiger partial charge in [0.2, 0.25) is 0 Å². The largest absolute Gasteiger partial charge is 0.317 e. The van der Waals surface area contributed by atoms with E-state index in [2.05, 4.69) is 45.1 Å². The third kappa shape index (κ3) is 5.76. The second-order valence-corrected chi connectivity index (χ2v) is 8.08. The first-order valence-electron chi connectivity index (χ1n) is 7.51. The molecule has 0 aliphatic rings. The van der Waals surface area contributed by atoms with Crippen molar-refractivity contribution in [3.63, 3.8) is 0 Å². The Hall–Kier alpha value is -0.670. The van der Waals surface area contributed by atoms with Crippen molar-refractivity contribution in [2.75, 3.05) is 12.8 Å². The fourth-order valence-corrected chi connectivity index (χ4v) is 3.19. The van der Waals surface area contributed by atoms with Crippen LogP contribution in [-0.4, -0.2) is 23.1 Å². The Balaban J connectivity index is 2.44. The van der Waals surface area contributed by atoms with Gasteiger partial charge in [0.15, 0.2) is 0 Å². The van der Waals surface area contributed by atoms with E-state index >= 15 is 0 Å². The topological polar surface area (TPSA) is 29.1 Å². The summed E-state index contributed by atoms with van der Waals surface area (Å²) in [6, 6.07) is 8.81. The lowest BCUT2D eigenvalue weighted by atomic mass is 9.87. The van der Waals surface area contributed by atoms with E-state index in [1.807, 2.05) is 19.2 Å². The van der Waals surface area contributed by atoms with E-state index in [1.165, 1.54) is 5.56 Å². The molecule has 1 rings (SSSR count). The standard InChI is InChI=1S/C17H29NOS/c1-14(18-5)8-6-7-13-20(19)16-11-9-15(10-12-16)17(2,3)4/h9-12,14,18H,6-8,13H2,1-5H3. The maximum Gasteiger partial charge on any atom is 0.0529 e. The molecule has 0 heterocycles. The number of unbranched alkanes of at least 4 members (excludes halogenated alkanes) is 1. The molecule has 0 fully saturated rings. The molecule has 0 aliphatic heterocycles. The van der Waals surface area contributed by atoms with Gasteiger partial charge in [-0.3, -0.25) is 4.21 Å². The Kier molecular flexibility index (Phi) is 6.90. The SMILES string of the molecule is CNC(C)CCCCS(=O)c1ccc(C(C)(C)C)cc1. The van der Waals surface area contributed by atoms with E-state index in [0.29, 0.717) is 6.04 Å². The lowest BCUT2D eigenvalue weighted by Crippen LogP contribution is -2.20. The number of benzene rings is 1. The van der Waals surface area contributed by atoms with Crippen LogP contribution in [0.3, 0.4) is 0 Å². The highest BCUT2D eigenvalue weighted by molar-refractivity contribution is 7.85. The average Bonchev–Trinajstić information content (AvgIpc) is 2.42. The lowest BCUT2D eigenvalue weighted by Gasteiger charge is -2.19. The quantitative estimate of drug-likeness (QED) is 0.774. The van der Waals surface area contributed by atoms with Crippen LogP contribution in [0, 0.1) is 0 Å². The third-order valence-electron chi connectivity index (χ3n) is 3.69. The smallest absolute Gasteiger partial charge is 0.0529 e. The fraction of sp³-hybridized carbons (Fsp3) is 0.647. The Labute approximate surface area is 126 Å². The van der Waals surface area contributed by atoms with Crippen LogP contribution in [0.25, 0.3) is 0 Å². The van der Waals surface area contributed by atoms with Gasteiger partial charge >= 0.3 is 0 Å². The van der Waals surface area contributed by atoms with Crippen molar-refractivity contribution in [3.05, 3.63) is 29.8 Å². The summed E-state index contributed by atoms with van der Waals surface area (Å²) in [7, 11) is 1.13. The van der Waals surface area contributed by atoms with Crippen LogP contribution in [0.15, 0.2) is 29.2 Å². The molecule has 0 aliphatic carbocycles. The number of hydrogen-bond acceptors (Lipinski definition) is 2. The van der Waals surface area contributed by atoms with Crippen LogP contribution >= 0.6 is 0 Å². The fourth-order valence-electron chi connectivity index (χ4n) is 2.05. The van der Waals surface area contributed by atoms with Crippen molar-refractivity contribution in [2.45, 2.75) is 63.3 Å². The molecule has 2 unspecified atom stereocenters. The number of nitrogens with one attached hydrogen (secondary N) is 1. The molecule has 2 nitrogen and oxygen atoms in total. The van der Waals surface area contributed by atoms with Crippen molar-refractivity contribution < 1.29 is 4.21 Å². The summed E-state index contributed by atoms with van der Waals surface area (Å²) in [5.41, 5.74) is 1.45. The van der Waals surface area contributed by atoms with E-state index in [1.54, 1.807) is 0 Å². The maximum atomic E-state index is 12.2. The monoisotopic (exact) mass is 295 g/mol. The molecule has 0 amide bonds. The van der Waals surface area contributed by atoms with Crippen LogP contribution in [0.2, 0.25) is 0 Å². The van der Waals surface area contributed by atoms with Crippen LogP contribution in [0.5, 0.6) is 0 Å². The van der Waals surface area contributed by atoms with Gasteiger partial charge < -0.3 is 5.32 Å². The summed E-state index contributed by atoms with van der Waals surface area (Å²) < 4.78 is 12.2. The maximum absolute atomic E-state index is 12.2. The van der Waals surface area contributed by atoms with Gasteiger partial charge in [-0.2, -0.15) is 0 Å². The molecule has 20 heavy (non-hydrogen) atoms. The van der Waals surface area contributed by atoms with E-state index < -0.39 is 10.8 Å². The van der Waals surface area contributed by atoms with Crippen molar-refractivity contribution in [1.82, 2.24) is 5.32 Å². The molecule has 0 saturated heterocycles. The minimum absolute atomic E-state index is 0.156. The molecule has 0 aromatic heterocycles. The van der Waals surface area contributed by atoms with Gasteiger partial charge in [-0.25, -0.2) is 0 Å². The van der Waals surface area contributed by atoms with Gasteiger partial charge in [-0.05, 0) is 49.9 Å².